The normalized spacial score (nSPS) is 20.6. The van der Waals surface area contributed by atoms with Crippen LogP contribution in [0.5, 0.6) is 0 Å². The van der Waals surface area contributed by atoms with Crippen molar-refractivity contribution in [2.24, 2.45) is 0 Å². The van der Waals surface area contributed by atoms with Crippen LogP contribution in [0.2, 0.25) is 18.1 Å². The van der Waals surface area contributed by atoms with Gasteiger partial charge in [-0.3, -0.25) is 4.89 Å². The first-order chi connectivity index (χ1) is 8.22. The van der Waals surface area contributed by atoms with Crippen molar-refractivity contribution in [3.8, 4) is 0 Å². The molecule has 18 heavy (non-hydrogen) atoms. The third-order valence-corrected chi connectivity index (χ3v) is 7.80. The van der Waals surface area contributed by atoms with E-state index in [0.29, 0.717) is 0 Å². The fourth-order valence-electron chi connectivity index (χ4n) is 1.38. The molecule has 0 saturated carbocycles. The largest absolute Gasteiger partial charge is 0.437 e. The minimum absolute atomic E-state index is 0.0258. The Kier molecular flexibility index (Phi) is 4.98. The van der Waals surface area contributed by atoms with Gasteiger partial charge in [-0.25, -0.2) is 9.37 Å². The Morgan fingerprint density at radius 1 is 1.39 bits per heavy atom. The van der Waals surface area contributed by atoms with Gasteiger partial charge < -0.3 is 5.32 Å². The number of hydrogen-bond donors (Lipinski definition) is 1. The lowest BCUT2D eigenvalue weighted by molar-refractivity contribution is -0.157. The van der Waals surface area contributed by atoms with Crippen LogP contribution in [0.4, 0.5) is 4.79 Å². The maximum absolute atomic E-state index is 11.6. The SMILES string of the molecule is CC(C)(C)[Si](C)(C)OOC(=O)NC1C=CCCC1. The molecular formula is C13H25NO3Si. The fourth-order valence-corrected chi connectivity index (χ4v) is 1.91. The van der Waals surface area contributed by atoms with Crippen molar-refractivity contribution in [2.45, 2.75) is 64.2 Å². The van der Waals surface area contributed by atoms with Gasteiger partial charge in [0, 0.05) is 0 Å². The van der Waals surface area contributed by atoms with E-state index in [1.807, 2.05) is 19.2 Å². The number of hydrogen-bond acceptors (Lipinski definition) is 3. The van der Waals surface area contributed by atoms with Gasteiger partial charge in [-0.05, 0) is 37.4 Å². The highest BCUT2D eigenvalue weighted by Crippen LogP contribution is 2.36. The number of nitrogens with one attached hydrogen (secondary N) is 1. The van der Waals surface area contributed by atoms with E-state index in [9.17, 15) is 4.79 Å². The van der Waals surface area contributed by atoms with E-state index in [4.69, 9.17) is 9.46 Å². The topological polar surface area (TPSA) is 47.6 Å². The highest BCUT2D eigenvalue weighted by Gasteiger charge is 2.40. The summed E-state index contributed by atoms with van der Waals surface area (Å²) in [6, 6.07) is 0.0780. The summed E-state index contributed by atoms with van der Waals surface area (Å²) in [5.74, 6) is 0. The molecule has 0 spiro atoms. The average Bonchev–Trinajstić information content (AvgIpc) is 2.26. The first-order valence-electron chi connectivity index (χ1n) is 6.55. The Hall–Kier alpha value is -0.813. The standard InChI is InChI=1S/C13H25NO3Si/c1-13(2,3)18(4,5)17-16-12(15)14-11-9-7-6-8-10-11/h7,9,11H,6,8,10H2,1-5H3,(H,14,15). The molecule has 0 fully saturated rings. The lowest BCUT2D eigenvalue weighted by atomic mass is 10.0. The van der Waals surface area contributed by atoms with Gasteiger partial charge >= 0.3 is 6.09 Å². The number of carbonyl (C=O) groups excluding carboxylic acids is 1. The molecule has 4 nitrogen and oxygen atoms in total. The maximum Gasteiger partial charge on any atom is 0.437 e. The van der Waals surface area contributed by atoms with Crippen LogP contribution in [-0.4, -0.2) is 20.5 Å². The summed E-state index contributed by atoms with van der Waals surface area (Å²) in [7, 11) is -2.03. The molecule has 1 unspecified atom stereocenters. The van der Waals surface area contributed by atoms with Crippen molar-refractivity contribution < 1.29 is 14.3 Å². The summed E-state index contributed by atoms with van der Waals surface area (Å²) < 4.78 is 5.40. The first-order valence-corrected chi connectivity index (χ1v) is 9.46. The van der Waals surface area contributed by atoms with E-state index in [-0.39, 0.29) is 11.1 Å². The predicted octanol–water partition coefficient (Wildman–Crippen LogP) is 3.76. The van der Waals surface area contributed by atoms with Crippen molar-refractivity contribution in [1.29, 1.82) is 0 Å². The lowest BCUT2D eigenvalue weighted by Gasteiger charge is -2.33. The van der Waals surface area contributed by atoms with Gasteiger partial charge in [-0.1, -0.05) is 32.9 Å². The van der Waals surface area contributed by atoms with Gasteiger partial charge in [-0.15, -0.1) is 0 Å². The minimum atomic E-state index is -2.03. The smallest absolute Gasteiger partial charge is 0.313 e. The molecule has 0 aliphatic heterocycles. The Morgan fingerprint density at radius 2 is 2.06 bits per heavy atom. The molecular weight excluding hydrogens is 246 g/mol. The number of rotatable bonds is 3. The van der Waals surface area contributed by atoms with E-state index in [1.165, 1.54) is 0 Å². The van der Waals surface area contributed by atoms with Crippen LogP contribution in [0.15, 0.2) is 12.2 Å². The summed E-state index contributed by atoms with van der Waals surface area (Å²) in [5, 5.41) is 2.82. The van der Waals surface area contributed by atoms with Crippen LogP contribution >= 0.6 is 0 Å². The summed E-state index contributed by atoms with van der Waals surface area (Å²) in [4.78, 5) is 16.5. The molecule has 1 atom stereocenters. The van der Waals surface area contributed by atoms with E-state index < -0.39 is 14.4 Å². The van der Waals surface area contributed by atoms with Crippen LogP contribution < -0.4 is 5.32 Å². The fraction of sp³-hybridized carbons (Fsp3) is 0.769. The zero-order chi connectivity index (χ0) is 13.8. The van der Waals surface area contributed by atoms with Crippen molar-refractivity contribution in [3.05, 3.63) is 12.2 Å². The Balaban J connectivity index is 2.37. The first kappa shape index (κ1) is 15.2. The molecule has 1 aliphatic rings. The Labute approximate surface area is 111 Å². The van der Waals surface area contributed by atoms with E-state index in [0.717, 1.165) is 19.3 Å². The molecule has 0 saturated heterocycles. The second-order valence-corrected chi connectivity index (χ2v) is 11.0. The quantitative estimate of drug-likeness (QED) is 0.368. The van der Waals surface area contributed by atoms with Crippen molar-refractivity contribution >= 4 is 14.4 Å². The lowest BCUT2D eigenvalue weighted by Crippen LogP contribution is -2.43. The van der Waals surface area contributed by atoms with Crippen LogP contribution in [0.25, 0.3) is 0 Å². The zero-order valence-electron chi connectivity index (χ0n) is 12.1. The van der Waals surface area contributed by atoms with Crippen LogP contribution in [-0.2, 0) is 9.46 Å². The number of carbonyl (C=O) groups is 1. The van der Waals surface area contributed by atoms with Gasteiger partial charge in [0.1, 0.15) is 0 Å². The molecule has 5 heteroatoms. The molecule has 0 aromatic rings. The van der Waals surface area contributed by atoms with E-state index >= 15 is 0 Å². The second kappa shape index (κ2) is 5.89. The molecule has 1 N–H and O–H groups in total. The summed E-state index contributed by atoms with van der Waals surface area (Å²) in [6.07, 6.45) is 6.76. The molecule has 1 aliphatic carbocycles. The van der Waals surface area contributed by atoms with Gasteiger partial charge in [0.15, 0.2) is 0 Å². The second-order valence-electron chi connectivity index (χ2n) is 6.32. The van der Waals surface area contributed by atoms with Crippen LogP contribution in [0.3, 0.4) is 0 Å². The molecule has 0 aromatic heterocycles. The van der Waals surface area contributed by atoms with E-state index in [1.54, 1.807) is 0 Å². The Bertz CT molecular complexity index is 321. The number of amides is 1. The van der Waals surface area contributed by atoms with Crippen LogP contribution in [0, 0.1) is 0 Å². The number of allylic oxidation sites excluding steroid dienone is 1. The maximum atomic E-state index is 11.6. The molecule has 1 amide bonds. The third-order valence-electron chi connectivity index (χ3n) is 3.69. The summed E-state index contributed by atoms with van der Waals surface area (Å²) in [5.41, 5.74) is 0. The van der Waals surface area contributed by atoms with Crippen molar-refractivity contribution in [2.75, 3.05) is 0 Å². The molecule has 0 heterocycles. The van der Waals surface area contributed by atoms with Gasteiger partial charge in [0.25, 0.3) is 8.32 Å². The average molecular weight is 271 g/mol. The van der Waals surface area contributed by atoms with Gasteiger partial charge in [0.2, 0.25) is 0 Å². The monoisotopic (exact) mass is 271 g/mol. The highest BCUT2D eigenvalue weighted by molar-refractivity contribution is 6.73. The zero-order valence-corrected chi connectivity index (χ0v) is 13.1. The molecule has 0 aromatic carbocycles. The Morgan fingerprint density at radius 3 is 2.56 bits per heavy atom. The summed E-state index contributed by atoms with van der Waals surface area (Å²) in [6.45, 7) is 10.4. The van der Waals surface area contributed by atoms with Crippen molar-refractivity contribution in [1.82, 2.24) is 5.32 Å². The van der Waals surface area contributed by atoms with Crippen LogP contribution in [0.1, 0.15) is 40.0 Å². The van der Waals surface area contributed by atoms with Crippen molar-refractivity contribution in [3.63, 3.8) is 0 Å². The predicted molar refractivity (Wildman–Crippen MR) is 74.7 cm³/mol. The van der Waals surface area contributed by atoms with Gasteiger partial charge in [0.05, 0.1) is 6.04 Å². The highest BCUT2D eigenvalue weighted by atomic mass is 28.4. The molecule has 0 radical (unpaired) electrons. The summed E-state index contributed by atoms with van der Waals surface area (Å²) >= 11 is 0. The van der Waals surface area contributed by atoms with E-state index in [2.05, 4.69) is 32.2 Å². The molecule has 1 rings (SSSR count). The minimum Gasteiger partial charge on any atom is -0.313 e. The third kappa shape index (κ3) is 4.46. The molecule has 104 valence electrons. The molecule has 0 bridgehead atoms. The van der Waals surface area contributed by atoms with Gasteiger partial charge in [-0.2, -0.15) is 0 Å².